The zero-order valence-corrected chi connectivity index (χ0v) is 21.8. The smallest absolute Gasteiger partial charge is 0.341 e. The van der Waals surface area contributed by atoms with Crippen LogP contribution in [0.4, 0.5) is 0 Å². The molecule has 0 N–H and O–H groups in total. The van der Waals surface area contributed by atoms with Crippen molar-refractivity contribution in [3.8, 4) is 22.6 Å². The average Bonchev–Trinajstić information content (AvgIpc) is 2.92. The number of hydrogen-bond acceptors (Lipinski definition) is 7. The molecule has 0 saturated heterocycles. The van der Waals surface area contributed by atoms with Gasteiger partial charge in [-0.3, -0.25) is 0 Å². The first-order valence-electron chi connectivity index (χ1n) is 12.3. The highest BCUT2D eigenvalue weighted by Crippen LogP contribution is 2.29. The fourth-order valence-electron chi connectivity index (χ4n) is 3.28. The molecule has 0 heterocycles. The lowest BCUT2D eigenvalue weighted by atomic mass is 10.0. The third kappa shape index (κ3) is 9.93. The molecule has 0 aliphatic heterocycles. The van der Waals surface area contributed by atoms with Gasteiger partial charge in [0.2, 0.25) is 0 Å². The van der Waals surface area contributed by atoms with Gasteiger partial charge in [0.05, 0.1) is 13.2 Å². The summed E-state index contributed by atoms with van der Waals surface area (Å²) >= 11 is 0. The lowest BCUT2D eigenvalue weighted by molar-refractivity contribution is -0.139. The standard InChI is InChI=1S/C31H34O7/c1-6-23(5)37-26-16-13-24(14-17-26)25-15-18-28(38-29(32)7-2)27(21-25)31(34)36-20-12-10-8-9-11-19-35-30(33)22(3)4/h6-7,13-18,21H,1-3,5,8-12,19-20H2,4H3. The average molecular weight is 519 g/mol. The van der Waals surface area contributed by atoms with E-state index in [2.05, 4.69) is 26.3 Å². The monoisotopic (exact) mass is 518 g/mol. The van der Waals surface area contributed by atoms with Crippen molar-refractivity contribution in [2.24, 2.45) is 0 Å². The van der Waals surface area contributed by atoms with Crippen LogP contribution < -0.4 is 9.47 Å². The quantitative estimate of drug-likeness (QED) is 0.0606. The zero-order chi connectivity index (χ0) is 27.9. The summed E-state index contributed by atoms with van der Waals surface area (Å²) in [7, 11) is 0. The van der Waals surface area contributed by atoms with Crippen LogP contribution >= 0.6 is 0 Å². The molecule has 0 aliphatic rings. The summed E-state index contributed by atoms with van der Waals surface area (Å²) in [4.78, 5) is 36.0. The van der Waals surface area contributed by atoms with Gasteiger partial charge in [0.25, 0.3) is 0 Å². The van der Waals surface area contributed by atoms with Crippen molar-refractivity contribution >= 4 is 17.9 Å². The Labute approximate surface area is 224 Å². The normalized spacial score (nSPS) is 10.1. The Morgan fingerprint density at radius 1 is 0.763 bits per heavy atom. The molecule has 2 rings (SSSR count). The first-order valence-corrected chi connectivity index (χ1v) is 12.3. The summed E-state index contributed by atoms with van der Waals surface area (Å²) in [6.07, 6.45) is 6.65. The van der Waals surface area contributed by atoms with Gasteiger partial charge < -0.3 is 18.9 Å². The van der Waals surface area contributed by atoms with E-state index in [9.17, 15) is 14.4 Å². The fraction of sp³-hybridized carbons (Fsp3) is 0.258. The SMILES string of the molecule is C=CC(=C)Oc1ccc(-c2ccc(OC(=O)C=C)c(C(=O)OCCCCCCCOC(=O)C(=C)C)c2)cc1. The molecule has 0 fully saturated rings. The Hall–Kier alpha value is -4.39. The van der Waals surface area contributed by atoms with Crippen molar-refractivity contribution in [3.63, 3.8) is 0 Å². The molecule has 7 nitrogen and oxygen atoms in total. The summed E-state index contributed by atoms with van der Waals surface area (Å²) in [6, 6.07) is 12.2. The first kappa shape index (κ1) is 29.8. The molecule has 2 aromatic carbocycles. The molecule has 0 saturated carbocycles. The summed E-state index contributed by atoms with van der Waals surface area (Å²) in [5.74, 6) is -0.518. The summed E-state index contributed by atoms with van der Waals surface area (Å²) < 4.78 is 21.3. The number of carbonyl (C=O) groups excluding carboxylic acids is 3. The van der Waals surface area contributed by atoms with E-state index in [1.807, 2.05) is 12.1 Å². The predicted molar refractivity (Wildman–Crippen MR) is 147 cm³/mol. The van der Waals surface area contributed by atoms with Crippen LogP contribution in [0.5, 0.6) is 11.5 Å². The Bertz CT molecular complexity index is 1180. The largest absolute Gasteiger partial charge is 0.462 e. The molecule has 0 radical (unpaired) electrons. The van der Waals surface area contributed by atoms with Gasteiger partial charge in [0, 0.05) is 11.6 Å². The lowest BCUT2D eigenvalue weighted by Gasteiger charge is -2.12. The molecule has 38 heavy (non-hydrogen) atoms. The van der Waals surface area contributed by atoms with Crippen molar-refractivity contribution in [1.29, 1.82) is 0 Å². The van der Waals surface area contributed by atoms with Crippen molar-refractivity contribution in [2.75, 3.05) is 13.2 Å². The van der Waals surface area contributed by atoms with E-state index in [-0.39, 0.29) is 23.9 Å². The molecule has 0 bridgehead atoms. The molecule has 0 aromatic heterocycles. The van der Waals surface area contributed by atoms with E-state index in [0.717, 1.165) is 42.9 Å². The second kappa shape index (κ2) is 15.7. The van der Waals surface area contributed by atoms with Gasteiger partial charge in [0.1, 0.15) is 22.8 Å². The van der Waals surface area contributed by atoms with Crippen LogP contribution in [0.2, 0.25) is 0 Å². The van der Waals surface area contributed by atoms with Gasteiger partial charge in [-0.25, -0.2) is 14.4 Å². The second-order valence-electron chi connectivity index (χ2n) is 8.45. The lowest BCUT2D eigenvalue weighted by Crippen LogP contribution is -2.12. The van der Waals surface area contributed by atoms with Crippen LogP contribution in [0.3, 0.4) is 0 Å². The van der Waals surface area contributed by atoms with Crippen molar-refractivity contribution < 1.29 is 33.3 Å². The minimum Gasteiger partial charge on any atom is -0.462 e. The Kier molecular flexibility index (Phi) is 12.3. The number of hydrogen-bond donors (Lipinski definition) is 0. The molecule has 2 aromatic rings. The van der Waals surface area contributed by atoms with Crippen molar-refractivity contribution in [2.45, 2.75) is 39.0 Å². The van der Waals surface area contributed by atoms with Gasteiger partial charge in [0.15, 0.2) is 0 Å². The van der Waals surface area contributed by atoms with Crippen LogP contribution in [-0.2, 0) is 19.1 Å². The number of ether oxygens (including phenoxy) is 4. The van der Waals surface area contributed by atoms with Crippen LogP contribution in [0.1, 0.15) is 49.4 Å². The maximum absolute atomic E-state index is 12.9. The Morgan fingerprint density at radius 3 is 1.97 bits per heavy atom. The topological polar surface area (TPSA) is 88.1 Å². The van der Waals surface area contributed by atoms with Crippen molar-refractivity contribution in [1.82, 2.24) is 0 Å². The number of carbonyl (C=O) groups is 3. The zero-order valence-electron chi connectivity index (χ0n) is 21.8. The first-order chi connectivity index (χ1) is 18.2. The highest BCUT2D eigenvalue weighted by Gasteiger charge is 2.18. The van der Waals surface area contributed by atoms with Gasteiger partial charge >= 0.3 is 17.9 Å². The van der Waals surface area contributed by atoms with E-state index in [1.165, 1.54) is 6.08 Å². The molecule has 0 unspecified atom stereocenters. The molecule has 200 valence electrons. The summed E-state index contributed by atoms with van der Waals surface area (Å²) in [5.41, 5.74) is 2.08. The number of allylic oxidation sites excluding steroid dienone is 1. The summed E-state index contributed by atoms with van der Waals surface area (Å²) in [6.45, 7) is 16.5. The van der Waals surface area contributed by atoms with Crippen LogP contribution in [0.15, 0.2) is 92.3 Å². The molecular formula is C31H34O7. The third-order valence-corrected chi connectivity index (χ3v) is 5.34. The number of rotatable bonds is 16. The van der Waals surface area contributed by atoms with E-state index in [1.54, 1.807) is 37.3 Å². The minimum absolute atomic E-state index is 0.0928. The van der Waals surface area contributed by atoms with Crippen LogP contribution in [-0.4, -0.2) is 31.1 Å². The highest BCUT2D eigenvalue weighted by atomic mass is 16.5. The summed E-state index contributed by atoms with van der Waals surface area (Å²) in [5, 5.41) is 0. The number of esters is 3. The Morgan fingerprint density at radius 2 is 1.37 bits per heavy atom. The second-order valence-corrected chi connectivity index (χ2v) is 8.45. The third-order valence-electron chi connectivity index (χ3n) is 5.34. The maximum Gasteiger partial charge on any atom is 0.341 e. The molecule has 0 aliphatic carbocycles. The van der Waals surface area contributed by atoms with E-state index in [4.69, 9.17) is 18.9 Å². The van der Waals surface area contributed by atoms with Crippen LogP contribution in [0, 0.1) is 0 Å². The van der Waals surface area contributed by atoms with E-state index < -0.39 is 11.9 Å². The van der Waals surface area contributed by atoms with Gasteiger partial charge in [-0.15, -0.1) is 0 Å². The van der Waals surface area contributed by atoms with Crippen molar-refractivity contribution in [3.05, 3.63) is 97.8 Å². The van der Waals surface area contributed by atoms with E-state index >= 15 is 0 Å². The minimum atomic E-state index is -0.676. The van der Waals surface area contributed by atoms with E-state index in [0.29, 0.717) is 30.1 Å². The van der Waals surface area contributed by atoms with Gasteiger partial charge in [-0.05, 0) is 61.2 Å². The number of unbranched alkanes of at least 4 members (excludes halogenated alkanes) is 4. The highest BCUT2D eigenvalue weighted by molar-refractivity contribution is 5.96. The predicted octanol–water partition coefficient (Wildman–Crippen LogP) is 6.75. The molecule has 7 heteroatoms. The molecule has 0 atom stereocenters. The van der Waals surface area contributed by atoms with Crippen LogP contribution in [0.25, 0.3) is 11.1 Å². The number of benzene rings is 2. The maximum atomic E-state index is 12.9. The molecular weight excluding hydrogens is 484 g/mol. The van der Waals surface area contributed by atoms with Gasteiger partial charge in [-0.1, -0.05) is 63.8 Å². The van der Waals surface area contributed by atoms with Gasteiger partial charge in [-0.2, -0.15) is 0 Å². The molecule has 0 spiro atoms. The fourth-order valence-corrected chi connectivity index (χ4v) is 3.28. The Balaban J connectivity index is 1.96. The molecule has 0 amide bonds.